The zero-order chi connectivity index (χ0) is 12.7. The molecule has 0 aliphatic heterocycles. The highest BCUT2D eigenvalue weighted by Crippen LogP contribution is 2.03. The van der Waals surface area contributed by atoms with Gasteiger partial charge in [0.1, 0.15) is 6.04 Å². The molecular weight excluding hydrogens is 220 g/mol. The molecule has 92 valence electrons. The summed E-state index contributed by atoms with van der Waals surface area (Å²) < 4.78 is 0. The third-order valence-corrected chi connectivity index (χ3v) is 2.37. The summed E-state index contributed by atoms with van der Waals surface area (Å²) in [6.45, 7) is 1.97. The molecule has 17 heavy (non-hydrogen) atoms. The molecule has 5 heteroatoms. The molecule has 0 aliphatic carbocycles. The number of carbonyl (C=O) groups is 2. The summed E-state index contributed by atoms with van der Waals surface area (Å²) >= 11 is 0. The van der Waals surface area contributed by atoms with Crippen LogP contribution >= 0.6 is 0 Å². The van der Waals surface area contributed by atoms with Crippen LogP contribution in [0.15, 0.2) is 24.5 Å². The maximum Gasteiger partial charge on any atom is 0.326 e. The highest BCUT2D eigenvalue weighted by Gasteiger charge is 2.19. The first-order valence-corrected chi connectivity index (χ1v) is 5.58. The predicted octanol–water partition coefficient (Wildman–Crippen LogP) is 1.45. The minimum Gasteiger partial charge on any atom is -0.480 e. The van der Waals surface area contributed by atoms with Gasteiger partial charge in [0.15, 0.2) is 0 Å². The molecule has 0 saturated heterocycles. The molecule has 0 radical (unpaired) electrons. The van der Waals surface area contributed by atoms with Gasteiger partial charge in [-0.3, -0.25) is 9.78 Å². The van der Waals surface area contributed by atoms with Crippen molar-refractivity contribution < 1.29 is 14.7 Å². The van der Waals surface area contributed by atoms with E-state index in [4.69, 9.17) is 5.11 Å². The molecule has 0 spiro atoms. The topological polar surface area (TPSA) is 79.3 Å². The normalized spacial score (nSPS) is 11.8. The Morgan fingerprint density at radius 2 is 2.29 bits per heavy atom. The van der Waals surface area contributed by atoms with Crippen molar-refractivity contribution in [1.29, 1.82) is 0 Å². The Morgan fingerprint density at radius 3 is 2.82 bits per heavy atom. The molecule has 0 bridgehead atoms. The zero-order valence-corrected chi connectivity index (χ0v) is 9.72. The number of carboxylic acid groups (broad SMARTS) is 1. The number of amides is 1. The van der Waals surface area contributed by atoms with Crippen molar-refractivity contribution in [2.45, 2.75) is 32.2 Å². The molecule has 0 aromatic carbocycles. The van der Waals surface area contributed by atoms with Crippen LogP contribution in [0.5, 0.6) is 0 Å². The Morgan fingerprint density at radius 1 is 1.53 bits per heavy atom. The van der Waals surface area contributed by atoms with E-state index >= 15 is 0 Å². The van der Waals surface area contributed by atoms with Crippen LogP contribution < -0.4 is 5.32 Å². The van der Waals surface area contributed by atoms with Crippen molar-refractivity contribution in [2.75, 3.05) is 0 Å². The summed E-state index contributed by atoms with van der Waals surface area (Å²) in [5.74, 6) is -1.41. The van der Waals surface area contributed by atoms with Crippen LogP contribution in [0.4, 0.5) is 0 Å². The summed E-state index contributed by atoms with van der Waals surface area (Å²) in [6, 6.07) is 2.40. The Balaban J connectivity index is 2.61. The van der Waals surface area contributed by atoms with Crippen LogP contribution in [0.3, 0.4) is 0 Å². The van der Waals surface area contributed by atoms with E-state index in [2.05, 4.69) is 10.3 Å². The van der Waals surface area contributed by atoms with Crippen LogP contribution in [0.2, 0.25) is 0 Å². The van der Waals surface area contributed by atoms with Crippen LogP contribution in [0.1, 0.15) is 36.5 Å². The van der Waals surface area contributed by atoms with Crippen molar-refractivity contribution in [3.05, 3.63) is 30.1 Å². The van der Waals surface area contributed by atoms with Gasteiger partial charge in [-0.15, -0.1) is 0 Å². The quantitative estimate of drug-likeness (QED) is 0.783. The molecule has 1 aromatic heterocycles. The molecule has 0 saturated carbocycles. The van der Waals surface area contributed by atoms with E-state index < -0.39 is 17.9 Å². The number of carbonyl (C=O) groups excluding carboxylic acids is 1. The third kappa shape index (κ3) is 4.22. The fraction of sp³-hybridized carbons (Fsp3) is 0.417. The minimum absolute atomic E-state index is 0.371. The first-order chi connectivity index (χ1) is 8.15. The smallest absolute Gasteiger partial charge is 0.326 e. The number of aliphatic carboxylic acids is 1. The van der Waals surface area contributed by atoms with Gasteiger partial charge in [-0.1, -0.05) is 19.8 Å². The monoisotopic (exact) mass is 236 g/mol. The molecule has 0 fully saturated rings. The number of aromatic nitrogens is 1. The molecule has 0 aliphatic rings. The van der Waals surface area contributed by atoms with Gasteiger partial charge in [-0.05, 0) is 18.6 Å². The second-order valence-electron chi connectivity index (χ2n) is 3.75. The molecule has 1 unspecified atom stereocenters. The number of hydrogen-bond acceptors (Lipinski definition) is 3. The van der Waals surface area contributed by atoms with Crippen molar-refractivity contribution in [3.8, 4) is 0 Å². The first-order valence-electron chi connectivity index (χ1n) is 5.58. The predicted molar refractivity (Wildman–Crippen MR) is 62.7 cm³/mol. The molecule has 1 heterocycles. The molecule has 2 N–H and O–H groups in total. The number of hydrogen-bond donors (Lipinski definition) is 2. The average Bonchev–Trinajstić information content (AvgIpc) is 2.35. The van der Waals surface area contributed by atoms with Gasteiger partial charge < -0.3 is 10.4 Å². The lowest BCUT2D eigenvalue weighted by molar-refractivity contribution is -0.139. The lowest BCUT2D eigenvalue weighted by atomic mass is 10.1. The van der Waals surface area contributed by atoms with E-state index in [1.165, 1.54) is 6.20 Å². The summed E-state index contributed by atoms with van der Waals surface area (Å²) in [5.41, 5.74) is 0.371. The van der Waals surface area contributed by atoms with Gasteiger partial charge in [-0.2, -0.15) is 0 Å². The van der Waals surface area contributed by atoms with Gasteiger partial charge in [-0.25, -0.2) is 4.79 Å². The van der Waals surface area contributed by atoms with Crippen LogP contribution in [-0.4, -0.2) is 28.0 Å². The van der Waals surface area contributed by atoms with Gasteiger partial charge >= 0.3 is 5.97 Å². The van der Waals surface area contributed by atoms with E-state index in [9.17, 15) is 9.59 Å². The Labute approximate surface area is 99.9 Å². The summed E-state index contributed by atoms with van der Waals surface area (Å²) in [6.07, 6.45) is 5.07. The third-order valence-electron chi connectivity index (χ3n) is 2.37. The molecule has 1 amide bonds. The molecule has 1 rings (SSSR count). The highest BCUT2D eigenvalue weighted by molar-refractivity contribution is 5.96. The number of rotatable bonds is 6. The fourth-order valence-electron chi connectivity index (χ4n) is 1.40. The lowest BCUT2D eigenvalue weighted by Crippen LogP contribution is -2.40. The molecular formula is C12H16N2O3. The van der Waals surface area contributed by atoms with Gasteiger partial charge in [0.05, 0.1) is 5.56 Å². The van der Waals surface area contributed by atoms with Crippen LogP contribution in [0, 0.1) is 0 Å². The number of pyridine rings is 1. The second-order valence-corrected chi connectivity index (χ2v) is 3.75. The van der Waals surface area contributed by atoms with E-state index in [-0.39, 0.29) is 0 Å². The number of nitrogens with zero attached hydrogens (tertiary/aromatic N) is 1. The summed E-state index contributed by atoms with van der Waals surface area (Å²) in [4.78, 5) is 26.5. The Kier molecular flexibility index (Phi) is 5.13. The summed E-state index contributed by atoms with van der Waals surface area (Å²) in [7, 11) is 0. The van der Waals surface area contributed by atoms with Gasteiger partial charge in [0, 0.05) is 12.4 Å². The number of carboxylic acids is 1. The average molecular weight is 236 g/mol. The fourth-order valence-corrected chi connectivity index (χ4v) is 1.40. The standard InChI is InChI=1S/C12H16N2O3/c1-2-3-6-10(12(16)17)14-11(15)9-5-4-7-13-8-9/h4-5,7-8,10H,2-3,6H2,1H3,(H,14,15)(H,16,17). The van der Waals surface area contributed by atoms with Crippen molar-refractivity contribution in [3.63, 3.8) is 0 Å². The Hall–Kier alpha value is -1.91. The van der Waals surface area contributed by atoms with E-state index in [0.717, 1.165) is 12.8 Å². The largest absolute Gasteiger partial charge is 0.480 e. The van der Waals surface area contributed by atoms with Gasteiger partial charge in [0.25, 0.3) is 5.91 Å². The van der Waals surface area contributed by atoms with Crippen LogP contribution in [0.25, 0.3) is 0 Å². The van der Waals surface area contributed by atoms with E-state index in [0.29, 0.717) is 12.0 Å². The molecule has 5 nitrogen and oxygen atoms in total. The van der Waals surface area contributed by atoms with Crippen molar-refractivity contribution in [2.24, 2.45) is 0 Å². The van der Waals surface area contributed by atoms with Gasteiger partial charge in [0.2, 0.25) is 0 Å². The maximum absolute atomic E-state index is 11.7. The minimum atomic E-state index is -1.00. The highest BCUT2D eigenvalue weighted by atomic mass is 16.4. The van der Waals surface area contributed by atoms with Crippen molar-refractivity contribution in [1.82, 2.24) is 10.3 Å². The maximum atomic E-state index is 11.7. The zero-order valence-electron chi connectivity index (χ0n) is 9.72. The SMILES string of the molecule is CCCCC(NC(=O)c1cccnc1)C(=O)O. The van der Waals surface area contributed by atoms with E-state index in [1.807, 2.05) is 6.92 Å². The molecule has 1 atom stereocenters. The molecule has 1 aromatic rings. The lowest BCUT2D eigenvalue weighted by Gasteiger charge is -2.13. The van der Waals surface area contributed by atoms with E-state index in [1.54, 1.807) is 18.3 Å². The van der Waals surface area contributed by atoms with Crippen LogP contribution in [-0.2, 0) is 4.79 Å². The number of nitrogens with one attached hydrogen (secondary N) is 1. The summed E-state index contributed by atoms with van der Waals surface area (Å²) in [5, 5.41) is 11.5. The number of unbranched alkanes of at least 4 members (excludes halogenated alkanes) is 1. The second kappa shape index (κ2) is 6.62. The Bertz CT molecular complexity index is 379. The van der Waals surface area contributed by atoms with Crippen molar-refractivity contribution >= 4 is 11.9 Å². The first kappa shape index (κ1) is 13.2.